The lowest BCUT2D eigenvalue weighted by atomic mass is 10.0. The lowest BCUT2D eigenvalue weighted by Crippen LogP contribution is -2.41. The zero-order chi connectivity index (χ0) is 14.4. The Kier molecular flexibility index (Phi) is 5.96. The maximum absolute atomic E-state index is 13.5. The number of carbonyl (C=O) groups is 1. The van der Waals surface area contributed by atoms with E-state index in [1.165, 1.54) is 6.07 Å². The Balaban J connectivity index is 2.60. The Morgan fingerprint density at radius 1 is 1.47 bits per heavy atom. The minimum atomic E-state index is -0.488. The van der Waals surface area contributed by atoms with Gasteiger partial charge in [0.05, 0.1) is 12.1 Å². The Labute approximate surface area is 114 Å². The molecule has 0 aliphatic rings. The average Bonchev–Trinajstić information content (AvgIpc) is 2.38. The number of carbonyl (C=O) groups excluding carboxylic acids is 1. The molecule has 0 fully saturated rings. The third-order valence-electron chi connectivity index (χ3n) is 3.26. The van der Waals surface area contributed by atoms with E-state index in [1.807, 2.05) is 13.0 Å². The third kappa shape index (κ3) is 4.63. The first kappa shape index (κ1) is 15.6. The van der Waals surface area contributed by atoms with Gasteiger partial charge in [-0.25, -0.2) is 4.39 Å². The van der Waals surface area contributed by atoms with Crippen molar-refractivity contribution in [1.82, 2.24) is 5.32 Å². The van der Waals surface area contributed by atoms with Gasteiger partial charge in [0, 0.05) is 0 Å². The van der Waals surface area contributed by atoms with Crippen LogP contribution in [0, 0.1) is 12.7 Å². The van der Waals surface area contributed by atoms with Gasteiger partial charge in [-0.3, -0.25) is 4.79 Å². The molecular formula is C15H23FN2O. The number of aryl methyl sites for hydroxylation is 1. The second-order valence-electron chi connectivity index (χ2n) is 4.99. The quantitative estimate of drug-likeness (QED) is 0.832. The second-order valence-corrected chi connectivity index (χ2v) is 4.99. The van der Waals surface area contributed by atoms with E-state index in [2.05, 4.69) is 12.2 Å². The van der Waals surface area contributed by atoms with Gasteiger partial charge >= 0.3 is 0 Å². The first-order chi connectivity index (χ1) is 8.95. The van der Waals surface area contributed by atoms with Gasteiger partial charge in [0.25, 0.3) is 0 Å². The zero-order valence-corrected chi connectivity index (χ0v) is 11.9. The number of unbranched alkanes of at least 4 members (excludes halogenated alkanes) is 1. The summed E-state index contributed by atoms with van der Waals surface area (Å²) in [6.07, 6.45) is 2.62. The summed E-state index contributed by atoms with van der Waals surface area (Å²) in [4.78, 5) is 11.9. The lowest BCUT2D eigenvalue weighted by Gasteiger charge is -2.18. The van der Waals surface area contributed by atoms with Crippen LogP contribution in [0.4, 0.5) is 4.39 Å². The van der Waals surface area contributed by atoms with Crippen molar-refractivity contribution in [2.45, 2.75) is 52.1 Å². The highest BCUT2D eigenvalue weighted by molar-refractivity contribution is 5.81. The highest BCUT2D eigenvalue weighted by atomic mass is 19.1. The molecule has 0 aliphatic carbocycles. The van der Waals surface area contributed by atoms with Crippen molar-refractivity contribution in [2.24, 2.45) is 5.73 Å². The van der Waals surface area contributed by atoms with Crippen LogP contribution in [-0.2, 0) is 4.79 Å². The molecule has 0 spiro atoms. The number of amides is 1. The Bertz CT molecular complexity index is 434. The summed E-state index contributed by atoms with van der Waals surface area (Å²) in [6.45, 7) is 5.60. The molecule has 0 saturated heterocycles. The molecule has 1 aromatic rings. The molecule has 3 nitrogen and oxygen atoms in total. The molecule has 0 saturated carbocycles. The Morgan fingerprint density at radius 3 is 2.74 bits per heavy atom. The van der Waals surface area contributed by atoms with Crippen molar-refractivity contribution < 1.29 is 9.18 Å². The first-order valence-electron chi connectivity index (χ1n) is 6.77. The molecule has 0 radical (unpaired) electrons. The molecule has 1 aromatic carbocycles. The van der Waals surface area contributed by atoms with E-state index in [1.54, 1.807) is 13.0 Å². The number of hydrogen-bond donors (Lipinski definition) is 2. The highest BCUT2D eigenvalue weighted by Gasteiger charge is 2.16. The average molecular weight is 266 g/mol. The fraction of sp³-hybridized carbons (Fsp3) is 0.533. The molecule has 2 atom stereocenters. The topological polar surface area (TPSA) is 55.1 Å². The molecule has 0 heterocycles. The van der Waals surface area contributed by atoms with Crippen LogP contribution < -0.4 is 11.1 Å². The van der Waals surface area contributed by atoms with Gasteiger partial charge in [-0.2, -0.15) is 0 Å². The smallest absolute Gasteiger partial charge is 0.237 e. The van der Waals surface area contributed by atoms with Crippen molar-refractivity contribution in [3.05, 3.63) is 35.1 Å². The van der Waals surface area contributed by atoms with E-state index in [0.717, 1.165) is 18.4 Å². The van der Waals surface area contributed by atoms with E-state index in [-0.39, 0.29) is 17.8 Å². The Hall–Kier alpha value is -1.42. The fourth-order valence-corrected chi connectivity index (χ4v) is 1.84. The van der Waals surface area contributed by atoms with Gasteiger partial charge in [0.2, 0.25) is 5.91 Å². The molecule has 2 unspecified atom stereocenters. The van der Waals surface area contributed by atoms with Crippen LogP contribution in [0.2, 0.25) is 0 Å². The third-order valence-corrected chi connectivity index (χ3v) is 3.26. The van der Waals surface area contributed by atoms with Gasteiger partial charge in [0.1, 0.15) is 5.82 Å². The molecule has 4 heteroatoms. The van der Waals surface area contributed by atoms with Crippen molar-refractivity contribution in [3.8, 4) is 0 Å². The van der Waals surface area contributed by atoms with Crippen LogP contribution in [0.3, 0.4) is 0 Å². The molecule has 106 valence electrons. The van der Waals surface area contributed by atoms with Gasteiger partial charge in [-0.05, 0) is 37.5 Å². The second kappa shape index (κ2) is 7.24. The van der Waals surface area contributed by atoms with E-state index >= 15 is 0 Å². The summed E-state index contributed by atoms with van der Waals surface area (Å²) >= 11 is 0. The number of benzene rings is 1. The predicted molar refractivity (Wildman–Crippen MR) is 75.2 cm³/mol. The summed E-state index contributed by atoms with van der Waals surface area (Å²) < 4.78 is 13.5. The summed E-state index contributed by atoms with van der Waals surface area (Å²) in [7, 11) is 0. The SMILES string of the molecule is CCCCC(N)C(=O)NC(C)c1ccc(C)c(F)c1. The molecule has 19 heavy (non-hydrogen) atoms. The zero-order valence-electron chi connectivity index (χ0n) is 11.9. The van der Waals surface area contributed by atoms with Crippen molar-refractivity contribution in [3.63, 3.8) is 0 Å². The Morgan fingerprint density at radius 2 is 2.16 bits per heavy atom. The van der Waals surface area contributed by atoms with Gasteiger partial charge in [-0.1, -0.05) is 31.9 Å². The van der Waals surface area contributed by atoms with Crippen LogP contribution in [0.15, 0.2) is 18.2 Å². The van der Waals surface area contributed by atoms with Crippen LogP contribution >= 0.6 is 0 Å². The molecule has 1 rings (SSSR count). The largest absolute Gasteiger partial charge is 0.348 e. The summed E-state index contributed by atoms with van der Waals surface area (Å²) in [5.74, 6) is -0.434. The molecule has 3 N–H and O–H groups in total. The fourth-order valence-electron chi connectivity index (χ4n) is 1.84. The number of hydrogen-bond acceptors (Lipinski definition) is 2. The van der Waals surface area contributed by atoms with E-state index < -0.39 is 6.04 Å². The van der Waals surface area contributed by atoms with Gasteiger partial charge < -0.3 is 11.1 Å². The van der Waals surface area contributed by atoms with E-state index in [4.69, 9.17) is 5.73 Å². The number of halogens is 1. The summed E-state index contributed by atoms with van der Waals surface area (Å²) in [5, 5.41) is 2.82. The van der Waals surface area contributed by atoms with E-state index in [9.17, 15) is 9.18 Å². The summed E-state index contributed by atoms with van der Waals surface area (Å²) in [5.41, 5.74) is 7.15. The maximum atomic E-state index is 13.5. The monoisotopic (exact) mass is 266 g/mol. The minimum absolute atomic E-state index is 0.179. The van der Waals surface area contributed by atoms with Crippen LogP contribution in [0.1, 0.15) is 50.3 Å². The molecule has 1 amide bonds. The normalized spacial score (nSPS) is 13.9. The standard InChI is InChI=1S/C15H23FN2O/c1-4-5-6-14(17)15(19)18-11(3)12-8-7-10(2)13(16)9-12/h7-9,11,14H,4-6,17H2,1-3H3,(H,18,19). The van der Waals surface area contributed by atoms with Gasteiger partial charge in [0.15, 0.2) is 0 Å². The van der Waals surface area contributed by atoms with Crippen molar-refractivity contribution in [1.29, 1.82) is 0 Å². The number of nitrogens with one attached hydrogen (secondary N) is 1. The molecule has 0 aromatic heterocycles. The minimum Gasteiger partial charge on any atom is -0.348 e. The molecule has 0 aliphatic heterocycles. The number of rotatable bonds is 6. The summed E-state index contributed by atoms with van der Waals surface area (Å²) in [6, 6.07) is 4.26. The van der Waals surface area contributed by atoms with Gasteiger partial charge in [-0.15, -0.1) is 0 Å². The van der Waals surface area contributed by atoms with E-state index in [0.29, 0.717) is 12.0 Å². The lowest BCUT2D eigenvalue weighted by molar-refractivity contribution is -0.123. The first-order valence-corrected chi connectivity index (χ1v) is 6.77. The number of nitrogens with two attached hydrogens (primary N) is 1. The van der Waals surface area contributed by atoms with Crippen molar-refractivity contribution in [2.75, 3.05) is 0 Å². The van der Waals surface area contributed by atoms with Crippen LogP contribution in [0.25, 0.3) is 0 Å². The highest BCUT2D eigenvalue weighted by Crippen LogP contribution is 2.16. The van der Waals surface area contributed by atoms with Crippen molar-refractivity contribution >= 4 is 5.91 Å². The van der Waals surface area contributed by atoms with Crippen LogP contribution in [-0.4, -0.2) is 11.9 Å². The predicted octanol–water partition coefficient (Wildman–Crippen LogP) is 2.83. The molecular weight excluding hydrogens is 243 g/mol. The van der Waals surface area contributed by atoms with Crippen LogP contribution in [0.5, 0.6) is 0 Å². The maximum Gasteiger partial charge on any atom is 0.237 e. The molecule has 0 bridgehead atoms.